The van der Waals surface area contributed by atoms with Crippen LogP contribution < -0.4 is 15.4 Å². The van der Waals surface area contributed by atoms with Gasteiger partial charge in [0.1, 0.15) is 0 Å². The highest BCUT2D eigenvalue weighted by atomic mass is 35.5. The molecule has 180 valence electrons. The summed E-state index contributed by atoms with van der Waals surface area (Å²) in [7, 11) is -3.70. The van der Waals surface area contributed by atoms with Gasteiger partial charge >= 0.3 is 0 Å². The van der Waals surface area contributed by atoms with E-state index in [9.17, 15) is 18.0 Å². The van der Waals surface area contributed by atoms with Gasteiger partial charge in [-0.1, -0.05) is 49.7 Å². The molecule has 2 aromatic carbocycles. The Kier molecular flexibility index (Phi) is 5.64. The summed E-state index contributed by atoms with van der Waals surface area (Å²) in [5.41, 5.74) is 3.34. The van der Waals surface area contributed by atoms with Crippen molar-refractivity contribution in [3.05, 3.63) is 63.7 Å². The fourth-order valence-electron chi connectivity index (χ4n) is 5.07. The van der Waals surface area contributed by atoms with Gasteiger partial charge in [-0.25, -0.2) is 13.1 Å². The third-order valence-corrected chi connectivity index (χ3v) is 9.11. The normalized spacial score (nSPS) is 23.6. The highest BCUT2D eigenvalue weighted by Crippen LogP contribution is 2.47. The van der Waals surface area contributed by atoms with Gasteiger partial charge in [0.05, 0.1) is 28.5 Å². The maximum atomic E-state index is 13.1. The van der Waals surface area contributed by atoms with Gasteiger partial charge in [0.15, 0.2) is 0 Å². The topological polar surface area (TPSA) is 104 Å². The van der Waals surface area contributed by atoms with E-state index in [4.69, 9.17) is 11.6 Å². The van der Waals surface area contributed by atoms with Gasteiger partial charge in [0.2, 0.25) is 15.9 Å². The van der Waals surface area contributed by atoms with Crippen LogP contribution in [0.1, 0.15) is 78.5 Å². The Balaban J connectivity index is 1.51. The molecule has 2 amide bonds. The number of halogens is 1. The largest absolute Gasteiger partial charge is 0.377 e. The fourth-order valence-corrected chi connectivity index (χ4v) is 6.58. The number of carbonyl (C=O) groups excluding carboxylic acids is 2. The smallest absolute Gasteiger partial charge is 0.266 e. The molecular formula is C25H28ClN3O4S. The van der Waals surface area contributed by atoms with Crippen molar-refractivity contribution in [2.24, 2.45) is 0 Å². The zero-order valence-electron chi connectivity index (χ0n) is 19.2. The first-order valence-electron chi connectivity index (χ1n) is 11.6. The van der Waals surface area contributed by atoms with E-state index in [0.717, 1.165) is 29.5 Å². The summed E-state index contributed by atoms with van der Waals surface area (Å²) in [4.78, 5) is 25.3. The number of nitrogens with one attached hydrogen (secondary N) is 3. The molecule has 5 rings (SSSR count). The van der Waals surface area contributed by atoms with E-state index in [1.54, 1.807) is 0 Å². The monoisotopic (exact) mass is 501 g/mol. The van der Waals surface area contributed by atoms with Crippen LogP contribution in [-0.2, 0) is 20.2 Å². The van der Waals surface area contributed by atoms with E-state index in [0.29, 0.717) is 30.1 Å². The lowest BCUT2D eigenvalue weighted by molar-refractivity contribution is -0.120. The van der Waals surface area contributed by atoms with E-state index >= 15 is 0 Å². The fraction of sp³-hybridized carbons (Fsp3) is 0.440. The molecule has 2 atom stereocenters. The van der Waals surface area contributed by atoms with Crippen molar-refractivity contribution < 1.29 is 18.0 Å². The molecule has 2 fully saturated rings. The van der Waals surface area contributed by atoms with E-state index in [1.807, 2.05) is 24.3 Å². The van der Waals surface area contributed by atoms with Crippen LogP contribution in [0.2, 0.25) is 5.02 Å². The van der Waals surface area contributed by atoms with E-state index in [2.05, 4.69) is 35.3 Å². The molecule has 2 unspecified atom stereocenters. The van der Waals surface area contributed by atoms with E-state index < -0.39 is 21.2 Å². The number of rotatable bonds is 5. The molecule has 0 radical (unpaired) electrons. The molecule has 1 saturated carbocycles. The molecule has 1 aliphatic carbocycles. The summed E-state index contributed by atoms with van der Waals surface area (Å²) in [5, 5.41) is 6.26. The predicted octanol–water partition coefficient (Wildman–Crippen LogP) is 4.00. The highest BCUT2D eigenvalue weighted by Gasteiger charge is 2.40. The first kappa shape index (κ1) is 23.2. The van der Waals surface area contributed by atoms with Gasteiger partial charge in [-0.2, -0.15) is 0 Å². The summed E-state index contributed by atoms with van der Waals surface area (Å²) in [6.07, 6.45) is 2.65. The van der Waals surface area contributed by atoms with Gasteiger partial charge in [-0.05, 0) is 59.9 Å². The van der Waals surface area contributed by atoms with Gasteiger partial charge < -0.3 is 10.6 Å². The molecule has 2 aliphatic heterocycles. The zero-order chi connectivity index (χ0) is 24.3. The third-order valence-electron chi connectivity index (χ3n) is 7.07. The molecule has 0 aromatic heterocycles. The molecule has 2 heterocycles. The lowest BCUT2D eigenvalue weighted by atomic mass is 9.73. The van der Waals surface area contributed by atoms with Crippen LogP contribution in [0, 0.1) is 0 Å². The van der Waals surface area contributed by atoms with Gasteiger partial charge in [0, 0.05) is 11.6 Å². The SMILES string of the molecule is CC1(C)CC(c2cccc(C3CCNC3=O)c2)Nc2c(C(=O)NS(=O)(=O)C3CC3)cc(Cl)cc21. The number of hydrogen-bond donors (Lipinski definition) is 3. The van der Waals surface area contributed by atoms with Gasteiger partial charge in [-0.15, -0.1) is 0 Å². The van der Waals surface area contributed by atoms with Crippen LogP contribution in [0.15, 0.2) is 36.4 Å². The summed E-state index contributed by atoms with van der Waals surface area (Å²) in [5.74, 6) is -0.785. The van der Waals surface area contributed by atoms with Crippen LogP contribution >= 0.6 is 11.6 Å². The van der Waals surface area contributed by atoms with Crippen molar-refractivity contribution in [1.82, 2.24) is 10.0 Å². The lowest BCUT2D eigenvalue weighted by Crippen LogP contribution is -2.36. The van der Waals surface area contributed by atoms with Crippen LogP contribution in [0.4, 0.5) is 5.69 Å². The minimum atomic E-state index is -3.70. The Morgan fingerprint density at radius 1 is 1.12 bits per heavy atom. The average molecular weight is 502 g/mol. The van der Waals surface area contributed by atoms with Crippen LogP contribution in [-0.4, -0.2) is 32.0 Å². The quantitative estimate of drug-likeness (QED) is 0.574. The van der Waals surface area contributed by atoms with Crippen molar-refractivity contribution in [3.8, 4) is 0 Å². The first-order valence-corrected chi connectivity index (χ1v) is 13.5. The van der Waals surface area contributed by atoms with Gasteiger partial charge in [0.25, 0.3) is 5.91 Å². The second-order valence-corrected chi connectivity index (χ2v) is 12.5. The van der Waals surface area contributed by atoms with Crippen molar-refractivity contribution in [2.75, 3.05) is 11.9 Å². The van der Waals surface area contributed by atoms with Gasteiger partial charge in [-0.3, -0.25) is 9.59 Å². The summed E-state index contributed by atoms with van der Waals surface area (Å²) >= 11 is 6.36. The molecule has 3 N–H and O–H groups in total. The second kappa shape index (κ2) is 8.27. The molecule has 1 saturated heterocycles. The van der Waals surface area contributed by atoms with Crippen LogP contribution in [0.25, 0.3) is 0 Å². The molecule has 3 aliphatic rings. The number of sulfonamides is 1. The maximum Gasteiger partial charge on any atom is 0.266 e. The lowest BCUT2D eigenvalue weighted by Gasteiger charge is -2.40. The number of carbonyl (C=O) groups is 2. The predicted molar refractivity (Wildman–Crippen MR) is 132 cm³/mol. The Morgan fingerprint density at radius 3 is 2.53 bits per heavy atom. The minimum Gasteiger partial charge on any atom is -0.377 e. The van der Waals surface area contributed by atoms with E-state index in [1.165, 1.54) is 6.07 Å². The number of anilines is 1. The standard InChI is InChI=1S/C25H28ClN3O4S/c1-25(2)13-21(15-5-3-4-14(10-15)18-8-9-27-23(18)30)28-22-19(11-16(26)12-20(22)25)24(31)29-34(32,33)17-6-7-17/h3-5,10-12,17-18,21,28H,6-9,13H2,1-2H3,(H,27,30)(H,29,31). The molecular weight excluding hydrogens is 474 g/mol. The number of fused-ring (bicyclic) bond motifs is 1. The molecule has 7 nitrogen and oxygen atoms in total. The van der Waals surface area contributed by atoms with Crippen molar-refractivity contribution in [2.45, 2.75) is 62.2 Å². The summed E-state index contributed by atoms with van der Waals surface area (Å²) < 4.78 is 27.1. The van der Waals surface area contributed by atoms with Crippen LogP contribution in [0.3, 0.4) is 0 Å². The minimum absolute atomic E-state index is 0.0462. The Labute approximate surface area is 204 Å². The Hall–Kier alpha value is -2.58. The summed E-state index contributed by atoms with van der Waals surface area (Å²) in [6.45, 7) is 4.86. The third kappa shape index (κ3) is 4.29. The van der Waals surface area contributed by atoms with Crippen LogP contribution in [0.5, 0.6) is 0 Å². The molecule has 9 heteroatoms. The summed E-state index contributed by atoms with van der Waals surface area (Å²) in [6, 6.07) is 11.2. The zero-order valence-corrected chi connectivity index (χ0v) is 20.7. The molecule has 2 aromatic rings. The average Bonchev–Trinajstić information content (AvgIpc) is 3.55. The van der Waals surface area contributed by atoms with Crippen molar-refractivity contribution in [3.63, 3.8) is 0 Å². The number of benzene rings is 2. The van der Waals surface area contributed by atoms with Crippen molar-refractivity contribution in [1.29, 1.82) is 0 Å². The van der Waals surface area contributed by atoms with E-state index in [-0.39, 0.29) is 28.8 Å². The molecule has 0 spiro atoms. The second-order valence-electron chi connectivity index (χ2n) is 10.1. The number of amides is 2. The Morgan fingerprint density at radius 2 is 1.85 bits per heavy atom. The highest BCUT2D eigenvalue weighted by molar-refractivity contribution is 7.91. The number of hydrogen-bond acceptors (Lipinski definition) is 5. The molecule has 0 bridgehead atoms. The van der Waals surface area contributed by atoms with Crippen molar-refractivity contribution >= 4 is 39.1 Å². The first-order chi connectivity index (χ1) is 16.0. The molecule has 34 heavy (non-hydrogen) atoms. The maximum absolute atomic E-state index is 13.1. The Bertz CT molecular complexity index is 1290.